The topological polar surface area (TPSA) is 38.0 Å². The molecule has 1 heterocycles. The third-order valence-electron chi connectivity index (χ3n) is 4.09. The zero-order valence-electron chi connectivity index (χ0n) is 12.6. The van der Waals surface area contributed by atoms with Gasteiger partial charge in [0.05, 0.1) is 0 Å². The predicted octanol–water partition coefficient (Wildman–Crippen LogP) is 4.06. The molecule has 1 atom stereocenters. The van der Waals surface area contributed by atoms with Gasteiger partial charge in [-0.2, -0.15) is 0 Å². The van der Waals surface area contributed by atoms with Gasteiger partial charge in [-0.1, -0.05) is 58.4 Å². The Balaban J connectivity index is 1.84. The van der Waals surface area contributed by atoms with Crippen molar-refractivity contribution in [2.75, 3.05) is 6.54 Å². The lowest BCUT2D eigenvalue weighted by atomic mass is 9.87. The molecule has 2 nitrogen and oxygen atoms in total. The van der Waals surface area contributed by atoms with E-state index in [1.165, 1.54) is 27.8 Å². The molecule has 1 aromatic carbocycles. The minimum Gasteiger partial charge on any atom is -0.387 e. The Morgan fingerprint density at radius 3 is 2.91 bits per heavy atom. The van der Waals surface area contributed by atoms with Crippen molar-refractivity contribution in [2.24, 2.45) is 5.73 Å². The number of hydrogen-bond donors (Lipinski definition) is 2. The van der Waals surface area contributed by atoms with Crippen molar-refractivity contribution in [1.82, 2.24) is 5.32 Å². The van der Waals surface area contributed by atoms with Crippen LogP contribution in [-0.2, 0) is 5.33 Å². The summed E-state index contributed by atoms with van der Waals surface area (Å²) in [5.41, 5.74) is 12.8. The lowest BCUT2D eigenvalue weighted by molar-refractivity contribution is 0.831. The van der Waals surface area contributed by atoms with Crippen molar-refractivity contribution < 1.29 is 0 Å². The first kappa shape index (κ1) is 15.3. The van der Waals surface area contributed by atoms with E-state index in [1.807, 2.05) is 6.20 Å². The maximum Gasteiger partial charge on any atom is 0.0336 e. The van der Waals surface area contributed by atoms with Crippen molar-refractivity contribution >= 4 is 21.5 Å². The standard InChI is InChI=1S/C19H21BrN2/c20-13-16-2-1-3-17(11-16)18-12-15(4-5-19(18)21)10-14-6-8-22-9-7-14/h1-4,6-8,11-12,19,22H,5,9-10,13,21H2. The van der Waals surface area contributed by atoms with E-state index in [2.05, 4.69) is 69.8 Å². The number of rotatable bonds is 4. The average Bonchev–Trinajstić information content (AvgIpc) is 2.57. The van der Waals surface area contributed by atoms with Crippen LogP contribution in [0.25, 0.3) is 5.57 Å². The van der Waals surface area contributed by atoms with Gasteiger partial charge in [-0.05, 0) is 53.0 Å². The number of dihydropyridines is 1. The van der Waals surface area contributed by atoms with Gasteiger partial charge < -0.3 is 11.1 Å². The predicted molar refractivity (Wildman–Crippen MR) is 97.6 cm³/mol. The fraction of sp³-hybridized carbons (Fsp3) is 0.263. The van der Waals surface area contributed by atoms with E-state index in [-0.39, 0.29) is 6.04 Å². The Bertz CT molecular complexity index is 668. The van der Waals surface area contributed by atoms with E-state index in [9.17, 15) is 0 Å². The summed E-state index contributed by atoms with van der Waals surface area (Å²) in [5, 5.41) is 4.06. The maximum atomic E-state index is 6.33. The quantitative estimate of drug-likeness (QED) is 0.798. The van der Waals surface area contributed by atoms with Crippen LogP contribution < -0.4 is 11.1 Å². The monoisotopic (exact) mass is 356 g/mol. The maximum absolute atomic E-state index is 6.33. The zero-order valence-corrected chi connectivity index (χ0v) is 14.1. The highest BCUT2D eigenvalue weighted by Crippen LogP contribution is 2.29. The lowest BCUT2D eigenvalue weighted by Crippen LogP contribution is -2.23. The molecular formula is C19H21BrN2. The van der Waals surface area contributed by atoms with Crippen LogP contribution in [0.2, 0.25) is 0 Å². The summed E-state index contributed by atoms with van der Waals surface area (Å²) in [6, 6.07) is 8.72. The smallest absolute Gasteiger partial charge is 0.0336 e. The number of allylic oxidation sites excluding steroid dienone is 4. The number of nitrogens with two attached hydrogens (primary N) is 1. The number of benzene rings is 1. The molecule has 0 spiro atoms. The summed E-state index contributed by atoms with van der Waals surface area (Å²) in [7, 11) is 0. The van der Waals surface area contributed by atoms with Crippen molar-refractivity contribution in [2.45, 2.75) is 24.2 Å². The molecule has 114 valence electrons. The molecule has 0 saturated heterocycles. The van der Waals surface area contributed by atoms with E-state index >= 15 is 0 Å². The van der Waals surface area contributed by atoms with Gasteiger partial charge in [-0.3, -0.25) is 0 Å². The molecule has 3 heteroatoms. The van der Waals surface area contributed by atoms with Crippen LogP contribution in [0.15, 0.2) is 65.9 Å². The molecule has 0 fully saturated rings. The van der Waals surface area contributed by atoms with Crippen molar-refractivity contribution in [3.8, 4) is 0 Å². The fourth-order valence-corrected chi connectivity index (χ4v) is 3.23. The van der Waals surface area contributed by atoms with Gasteiger partial charge in [0.25, 0.3) is 0 Å². The van der Waals surface area contributed by atoms with Gasteiger partial charge in [0, 0.05) is 17.9 Å². The summed E-state index contributed by atoms with van der Waals surface area (Å²) >= 11 is 3.53. The Morgan fingerprint density at radius 1 is 1.23 bits per heavy atom. The third kappa shape index (κ3) is 3.60. The minimum absolute atomic E-state index is 0.0897. The molecule has 0 radical (unpaired) electrons. The summed E-state index contributed by atoms with van der Waals surface area (Å²) < 4.78 is 0. The molecule has 0 amide bonds. The molecule has 3 rings (SSSR count). The molecule has 1 unspecified atom stereocenters. The molecule has 0 saturated carbocycles. The molecule has 1 aliphatic carbocycles. The Hall–Kier alpha value is -1.58. The highest BCUT2D eigenvalue weighted by Gasteiger charge is 2.16. The van der Waals surface area contributed by atoms with Gasteiger partial charge in [0.15, 0.2) is 0 Å². The average molecular weight is 357 g/mol. The van der Waals surface area contributed by atoms with Crippen molar-refractivity contribution in [1.29, 1.82) is 0 Å². The van der Waals surface area contributed by atoms with Crippen LogP contribution in [-0.4, -0.2) is 12.6 Å². The van der Waals surface area contributed by atoms with E-state index in [1.54, 1.807) is 0 Å². The van der Waals surface area contributed by atoms with Crippen molar-refractivity contribution in [3.05, 3.63) is 77.0 Å². The minimum atomic E-state index is 0.0897. The Kier molecular flexibility index (Phi) is 4.96. The second-order valence-electron chi connectivity index (χ2n) is 5.75. The highest BCUT2D eigenvalue weighted by atomic mass is 79.9. The molecule has 3 N–H and O–H groups in total. The second kappa shape index (κ2) is 7.12. The molecule has 22 heavy (non-hydrogen) atoms. The first-order valence-electron chi connectivity index (χ1n) is 7.66. The van der Waals surface area contributed by atoms with Gasteiger partial charge in [0.1, 0.15) is 0 Å². The van der Waals surface area contributed by atoms with Gasteiger partial charge >= 0.3 is 0 Å². The van der Waals surface area contributed by atoms with Crippen LogP contribution in [0.3, 0.4) is 0 Å². The SMILES string of the molecule is NC1CC=C(CC2=CCNC=C2)C=C1c1cccc(CBr)c1. The first-order valence-corrected chi connectivity index (χ1v) is 8.79. The van der Waals surface area contributed by atoms with Crippen LogP contribution >= 0.6 is 15.9 Å². The summed E-state index contributed by atoms with van der Waals surface area (Å²) in [6.07, 6.45) is 12.9. The number of halogens is 1. The molecule has 1 aliphatic heterocycles. The molecular weight excluding hydrogens is 336 g/mol. The summed E-state index contributed by atoms with van der Waals surface area (Å²) in [6.45, 7) is 0.919. The highest BCUT2D eigenvalue weighted by molar-refractivity contribution is 9.08. The first-order chi connectivity index (χ1) is 10.8. The fourth-order valence-electron chi connectivity index (χ4n) is 2.88. The molecule has 0 bridgehead atoms. The van der Waals surface area contributed by atoms with Gasteiger partial charge in [-0.25, -0.2) is 0 Å². The van der Waals surface area contributed by atoms with Crippen LogP contribution in [0, 0.1) is 0 Å². The lowest BCUT2D eigenvalue weighted by Gasteiger charge is -2.22. The molecule has 1 aromatic rings. The van der Waals surface area contributed by atoms with Crippen molar-refractivity contribution in [3.63, 3.8) is 0 Å². The Morgan fingerprint density at radius 2 is 2.14 bits per heavy atom. The molecule has 2 aliphatic rings. The number of nitrogens with one attached hydrogen (secondary N) is 1. The summed E-state index contributed by atoms with van der Waals surface area (Å²) in [4.78, 5) is 0. The van der Waals surface area contributed by atoms with Crippen LogP contribution in [0.4, 0.5) is 0 Å². The van der Waals surface area contributed by atoms with E-state index in [0.29, 0.717) is 0 Å². The normalized spacial score (nSPS) is 20.8. The largest absolute Gasteiger partial charge is 0.387 e. The zero-order chi connectivity index (χ0) is 15.4. The molecule has 0 aromatic heterocycles. The van der Waals surface area contributed by atoms with E-state index in [0.717, 1.165) is 24.7 Å². The van der Waals surface area contributed by atoms with Crippen LogP contribution in [0.1, 0.15) is 24.0 Å². The number of hydrogen-bond acceptors (Lipinski definition) is 2. The number of alkyl halides is 1. The Labute approximate surface area is 140 Å². The third-order valence-corrected chi connectivity index (χ3v) is 4.74. The second-order valence-corrected chi connectivity index (χ2v) is 6.31. The van der Waals surface area contributed by atoms with E-state index < -0.39 is 0 Å². The van der Waals surface area contributed by atoms with Gasteiger partial charge in [-0.15, -0.1) is 0 Å². The van der Waals surface area contributed by atoms with Gasteiger partial charge in [0.2, 0.25) is 0 Å². The van der Waals surface area contributed by atoms with E-state index in [4.69, 9.17) is 5.73 Å². The van der Waals surface area contributed by atoms with Crippen LogP contribution in [0.5, 0.6) is 0 Å². The summed E-state index contributed by atoms with van der Waals surface area (Å²) in [5.74, 6) is 0.